The first-order valence-corrected chi connectivity index (χ1v) is 8.67. The van der Waals surface area contributed by atoms with Gasteiger partial charge in [0.2, 0.25) is 0 Å². The first-order chi connectivity index (χ1) is 11.2. The minimum Gasteiger partial charge on any atom is -0.423 e. The summed E-state index contributed by atoms with van der Waals surface area (Å²) in [5, 5.41) is 0. The number of hydrogen-bond donors (Lipinski definition) is 0. The van der Waals surface area contributed by atoms with Crippen LogP contribution < -0.4 is 9.47 Å². The molecule has 0 N–H and O–H groups in total. The summed E-state index contributed by atoms with van der Waals surface area (Å²) in [4.78, 5) is 23.7. The van der Waals surface area contributed by atoms with Gasteiger partial charge >= 0.3 is 11.9 Å². The van der Waals surface area contributed by atoms with Gasteiger partial charge in [-0.05, 0) is 25.0 Å². The van der Waals surface area contributed by atoms with Crippen molar-refractivity contribution in [1.82, 2.24) is 0 Å². The average Bonchev–Trinajstić information content (AvgIpc) is 2.54. The zero-order chi connectivity index (χ0) is 16.9. The van der Waals surface area contributed by atoms with Crippen molar-refractivity contribution in [3.63, 3.8) is 0 Å². The maximum atomic E-state index is 11.9. The summed E-state index contributed by atoms with van der Waals surface area (Å²) in [6.45, 7) is 4.21. The first kappa shape index (κ1) is 19.2. The number of benzene rings is 1. The Bertz CT molecular complexity index is 482. The quantitative estimate of drug-likeness (QED) is 0.325. The third-order valence-corrected chi connectivity index (χ3v) is 3.52. The van der Waals surface area contributed by atoms with E-state index in [1.165, 1.54) is 0 Å². The van der Waals surface area contributed by atoms with Gasteiger partial charge in [0, 0.05) is 12.8 Å². The van der Waals surface area contributed by atoms with Gasteiger partial charge in [0.25, 0.3) is 0 Å². The second-order valence-electron chi connectivity index (χ2n) is 5.66. The maximum Gasteiger partial charge on any atom is 0.311 e. The molecule has 0 heterocycles. The number of carbonyl (C=O) groups is 2. The van der Waals surface area contributed by atoms with E-state index < -0.39 is 0 Å². The first-order valence-electron chi connectivity index (χ1n) is 8.67. The van der Waals surface area contributed by atoms with Crippen molar-refractivity contribution < 1.29 is 19.1 Å². The molecule has 1 aromatic rings. The molecule has 4 nitrogen and oxygen atoms in total. The van der Waals surface area contributed by atoms with Crippen molar-refractivity contribution >= 4 is 11.9 Å². The molecule has 0 aliphatic carbocycles. The lowest BCUT2D eigenvalue weighted by molar-refractivity contribution is -0.137. The molecule has 0 aliphatic rings. The summed E-state index contributed by atoms with van der Waals surface area (Å²) in [5.41, 5.74) is 0. The fourth-order valence-electron chi connectivity index (χ4n) is 2.18. The van der Waals surface area contributed by atoms with E-state index in [1.807, 2.05) is 0 Å². The molecule has 0 fully saturated rings. The molecule has 1 aromatic carbocycles. The van der Waals surface area contributed by atoms with Crippen LogP contribution in [0.1, 0.15) is 71.6 Å². The van der Waals surface area contributed by atoms with Crippen LogP contribution in [0.3, 0.4) is 0 Å². The molecule has 0 saturated carbocycles. The second kappa shape index (κ2) is 11.7. The highest BCUT2D eigenvalue weighted by Gasteiger charge is 2.13. The number of para-hydroxylation sites is 2. The second-order valence-corrected chi connectivity index (χ2v) is 5.66. The molecule has 4 heteroatoms. The molecule has 0 aromatic heterocycles. The fourth-order valence-corrected chi connectivity index (χ4v) is 2.18. The topological polar surface area (TPSA) is 52.6 Å². The number of carbonyl (C=O) groups excluding carboxylic acids is 2. The van der Waals surface area contributed by atoms with Crippen molar-refractivity contribution in [2.45, 2.75) is 71.6 Å². The summed E-state index contributed by atoms with van der Waals surface area (Å²) < 4.78 is 10.7. The number of unbranched alkanes of at least 4 members (excludes halogenated alkanes) is 5. The highest BCUT2D eigenvalue weighted by atomic mass is 16.6. The minimum absolute atomic E-state index is 0.282. The summed E-state index contributed by atoms with van der Waals surface area (Å²) in [5.74, 6) is 0.0632. The Morgan fingerprint density at radius 2 is 1.17 bits per heavy atom. The molecular weight excluding hydrogens is 292 g/mol. The molecule has 1 rings (SSSR count). The van der Waals surface area contributed by atoms with E-state index in [9.17, 15) is 9.59 Å². The number of rotatable bonds is 11. The normalized spacial score (nSPS) is 10.3. The van der Waals surface area contributed by atoms with Crippen LogP contribution in [-0.4, -0.2) is 11.9 Å². The smallest absolute Gasteiger partial charge is 0.311 e. The average molecular weight is 320 g/mol. The van der Waals surface area contributed by atoms with Gasteiger partial charge in [-0.1, -0.05) is 58.1 Å². The van der Waals surface area contributed by atoms with Gasteiger partial charge < -0.3 is 9.47 Å². The highest BCUT2D eigenvalue weighted by Crippen LogP contribution is 2.27. The van der Waals surface area contributed by atoms with Crippen molar-refractivity contribution in [3.8, 4) is 11.5 Å². The zero-order valence-electron chi connectivity index (χ0n) is 14.3. The molecule has 0 bridgehead atoms. The zero-order valence-corrected chi connectivity index (χ0v) is 14.3. The number of ether oxygens (including phenoxy) is 2. The largest absolute Gasteiger partial charge is 0.423 e. The van der Waals surface area contributed by atoms with E-state index in [-0.39, 0.29) is 11.9 Å². The molecule has 0 atom stereocenters. The van der Waals surface area contributed by atoms with Gasteiger partial charge in [-0.25, -0.2) is 0 Å². The Hall–Kier alpha value is -1.84. The third kappa shape index (κ3) is 8.38. The molecule has 0 aliphatic heterocycles. The Morgan fingerprint density at radius 1 is 0.739 bits per heavy atom. The van der Waals surface area contributed by atoms with E-state index in [1.54, 1.807) is 24.3 Å². The summed E-state index contributed by atoms with van der Waals surface area (Å²) in [6, 6.07) is 6.82. The summed E-state index contributed by atoms with van der Waals surface area (Å²) in [7, 11) is 0. The molecule has 128 valence electrons. The van der Waals surface area contributed by atoms with Crippen LogP contribution in [0.25, 0.3) is 0 Å². The van der Waals surface area contributed by atoms with Gasteiger partial charge in [0.1, 0.15) is 0 Å². The monoisotopic (exact) mass is 320 g/mol. The van der Waals surface area contributed by atoms with Gasteiger partial charge in [-0.3, -0.25) is 9.59 Å². The Kier molecular flexibility index (Phi) is 9.76. The van der Waals surface area contributed by atoms with Crippen LogP contribution in [0.15, 0.2) is 24.3 Å². The van der Waals surface area contributed by atoms with E-state index in [4.69, 9.17) is 9.47 Å². The van der Waals surface area contributed by atoms with Crippen LogP contribution in [0.5, 0.6) is 11.5 Å². The van der Waals surface area contributed by atoms with Crippen LogP contribution in [0.4, 0.5) is 0 Å². The standard InChI is InChI=1S/C19H28O4/c1-3-5-7-9-15-19(21)23-17-13-11-10-12-16(17)22-18(20)14-8-6-4-2/h10-13H,3-9,14-15H2,1-2H3. The number of hydrogen-bond acceptors (Lipinski definition) is 4. The van der Waals surface area contributed by atoms with Crippen molar-refractivity contribution in [3.05, 3.63) is 24.3 Å². The molecule has 0 saturated heterocycles. The maximum absolute atomic E-state index is 11.9. The molecule has 23 heavy (non-hydrogen) atoms. The Morgan fingerprint density at radius 3 is 1.65 bits per heavy atom. The van der Waals surface area contributed by atoms with E-state index in [0.29, 0.717) is 24.3 Å². The summed E-state index contributed by atoms with van der Waals surface area (Å²) >= 11 is 0. The van der Waals surface area contributed by atoms with Crippen LogP contribution in [-0.2, 0) is 9.59 Å². The van der Waals surface area contributed by atoms with E-state index >= 15 is 0 Å². The predicted octanol–water partition coefficient (Wildman–Crippen LogP) is 5.05. The molecule has 0 unspecified atom stereocenters. The van der Waals surface area contributed by atoms with Gasteiger partial charge in [0.15, 0.2) is 11.5 Å². The lowest BCUT2D eigenvalue weighted by Gasteiger charge is -2.10. The van der Waals surface area contributed by atoms with Gasteiger partial charge in [-0.15, -0.1) is 0 Å². The van der Waals surface area contributed by atoms with Gasteiger partial charge in [0.05, 0.1) is 0 Å². The Balaban J connectivity index is 2.49. The predicted molar refractivity (Wildman–Crippen MR) is 90.6 cm³/mol. The molecule has 0 amide bonds. The highest BCUT2D eigenvalue weighted by molar-refractivity contribution is 5.76. The van der Waals surface area contributed by atoms with Crippen LogP contribution >= 0.6 is 0 Å². The fraction of sp³-hybridized carbons (Fsp3) is 0.579. The van der Waals surface area contributed by atoms with Gasteiger partial charge in [-0.2, -0.15) is 0 Å². The summed E-state index contributed by atoms with van der Waals surface area (Å²) in [6.07, 6.45) is 7.75. The SMILES string of the molecule is CCCCCCC(=O)Oc1ccccc1OC(=O)CCCCC. The Labute approximate surface area is 139 Å². The van der Waals surface area contributed by atoms with E-state index in [0.717, 1.165) is 44.9 Å². The van der Waals surface area contributed by atoms with Crippen LogP contribution in [0, 0.1) is 0 Å². The van der Waals surface area contributed by atoms with Crippen molar-refractivity contribution in [1.29, 1.82) is 0 Å². The minimum atomic E-state index is -0.287. The third-order valence-electron chi connectivity index (χ3n) is 3.52. The lowest BCUT2D eigenvalue weighted by atomic mass is 10.1. The lowest BCUT2D eigenvalue weighted by Crippen LogP contribution is -2.11. The van der Waals surface area contributed by atoms with Crippen LogP contribution in [0.2, 0.25) is 0 Å². The molecule has 0 spiro atoms. The molecule has 0 radical (unpaired) electrons. The van der Waals surface area contributed by atoms with Crippen molar-refractivity contribution in [2.75, 3.05) is 0 Å². The molecular formula is C19H28O4. The van der Waals surface area contributed by atoms with E-state index in [2.05, 4.69) is 13.8 Å². The number of esters is 2. The van der Waals surface area contributed by atoms with Crippen molar-refractivity contribution in [2.24, 2.45) is 0 Å².